The van der Waals surface area contributed by atoms with Crippen LogP contribution in [0.1, 0.15) is 25.7 Å². The maximum Gasteiger partial charge on any atom is 0.119 e. The molecule has 0 aromatic heterocycles. The lowest BCUT2D eigenvalue weighted by Crippen LogP contribution is -2.42. The minimum atomic E-state index is 0.725. The van der Waals surface area contributed by atoms with E-state index in [0.29, 0.717) is 0 Å². The highest BCUT2D eigenvalue weighted by molar-refractivity contribution is 9.09. The number of nitrogens with zero attached hydrogens (tertiary/aromatic N) is 1. The molecule has 1 fully saturated rings. The van der Waals surface area contributed by atoms with Gasteiger partial charge in [-0.15, -0.1) is 0 Å². The van der Waals surface area contributed by atoms with Crippen molar-refractivity contribution < 1.29 is 9.47 Å². The smallest absolute Gasteiger partial charge is 0.119 e. The minimum Gasteiger partial charge on any atom is -0.497 e. The summed E-state index contributed by atoms with van der Waals surface area (Å²) >= 11 is 3.56. The number of alkyl halides is 1. The van der Waals surface area contributed by atoms with Gasteiger partial charge >= 0.3 is 0 Å². The molecule has 1 heterocycles. The molecular formula is C16H24BrNO2. The SMILES string of the molecule is COc1ccc(OCCN2CCCCC2CCBr)cc1. The molecule has 1 aromatic carbocycles. The Kier molecular flexibility index (Phi) is 6.67. The Morgan fingerprint density at radius 1 is 1.20 bits per heavy atom. The van der Waals surface area contributed by atoms with Crippen LogP contribution in [0.25, 0.3) is 0 Å². The van der Waals surface area contributed by atoms with E-state index in [1.165, 1.54) is 32.2 Å². The summed E-state index contributed by atoms with van der Waals surface area (Å²) in [4.78, 5) is 2.58. The molecule has 0 amide bonds. The average molecular weight is 342 g/mol. The number of piperidine rings is 1. The zero-order chi connectivity index (χ0) is 14.2. The summed E-state index contributed by atoms with van der Waals surface area (Å²) in [6.45, 7) is 2.98. The molecule has 0 aliphatic carbocycles. The topological polar surface area (TPSA) is 21.7 Å². The number of likely N-dealkylation sites (tertiary alicyclic amines) is 1. The number of hydrogen-bond acceptors (Lipinski definition) is 3. The molecule has 1 atom stereocenters. The van der Waals surface area contributed by atoms with Crippen molar-refractivity contribution in [3.05, 3.63) is 24.3 Å². The monoisotopic (exact) mass is 341 g/mol. The molecule has 1 aromatic rings. The van der Waals surface area contributed by atoms with Gasteiger partial charge in [-0.3, -0.25) is 4.90 Å². The van der Waals surface area contributed by atoms with Gasteiger partial charge in [0.15, 0.2) is 0 Å². The Bertz CT molecular complexity index is 381. The van der Waals surface area contributed by atoms with Crippen LogP contribution in [0.15, 0.2) is 24.3 Å². The van der Waals surface area contributed by atoms with Crippen molar-refractivity contribution in [1.82, 2.24) is 4.90 Å². The van der Waals surface area contributed by atoms with E-state index in [1.807, 2.05) is 24.3 Å². The molecule has 1 saturated heterocycles. The molecule has 1 unspecified atom stereocenters. The van der Waals surface area contributed by atoms with E-state index in [2.05, 4.69) is 20.8 Å². The summed E-state index contributed by atoms with van der Waals surface area (Å²) in [5, 5.41) is 1.09. The van der Waals surface area contributed by atoms with Crippen molar-refractivity contribution in [3.63, 3.8) is 0 Å². The van der Waals surface area contributed by atoms with Crippen LogP contribution >= 0.6 is 15.9 Å². The molecule has 112 valence electrons. The highest BCUT2D eigenvalue weighted by Crippen LogP contribution is 2.21. The van der Waals surface area contributed by atoms with Gasteiger partial charge in [0.25, 0.3) is 0 Å². The number of benzene rings is 1. The fourth-order valence-corrected chi connectivity index (χ4v) is 3.29. The van der Waals surface area contributed by atoms with Crippen molar-refractivity contribution in [1.29, 1.82) is 0 Å². The van der Waals surface area contributed by atoms with E-state index < -0.39 is 0 Å². The van der Waals surface area contributed by atoms with E-state index in [9.17, 15) is 0 Å². The standard InChI is InChI=1S/C16H24BrNO2/c1-19-15-5-7-16(8-6-15)20-13-12-18-11-3-2-4-14(18)9-10-17/h5-8,14H,2-4,9-13H2,1H3. The van der Waals surface area contributed by atoms with Gasteiger partial charge in [-0.2, -0.15) is 0 Å². The van der Waals surface area contributed by atoms with E-state index in [-0.39, 0.29) is 0 Å². The zero-order valence-electron chi connectivity index (χ0n) is 12.2. The Morgan fingerprint density at radius 2 is 1.95 bits per heavy atom. The molecule has 20 heavy (non-hydrogen) atoms. The van der Waals surface area contributed by atoms with Gasteiger partial charge in [-0.05, 0) is 50.1 Å². The normalized spacial score (nSPS) is 19.8. The number of hydrogen-bond donors (Lipinski definition) is 0. The van der Waals surface area contributed by atoms with E-state index in [1.54, 1.807) is 7.11 Å². The van der Waals surface area contributed by atoms with Crippen LogP contribution in [0.3, 0.4) is 0 Å². The number of rotatable bonds is 7. The third kappa shape index (κ3) is 4.67. The second-order valence-corrected chi connectivity index (χ2v) is 5.98. The molecule has 4 heteroatoms. The van der Waals surface area contributed by atoms with Crippen molar-refractivity contribution in [2.24, 2.45) is 0 Å². The van der Waals surface area contributed by atoms with Crippen LogP contribution in [0.5, 0.6) is 11.5 Å². The van der Waals surface area contributed by atoms with Gasteiger partial charge in [0, 0.05) is 17.9 Å². The van der Waals surface area contributed by atoms with Crippen LogP contribution in [0, 0.1) is 0 Å². The molecule has 0 radical (unpaired) electrons. The second-order valence-electron chi connectivity index (χ2n) is 5.19. The largest absolute Gasteiger partial charge is 0.497 e. The summed E-state index contributed by atoms with van der Waals surface area (Å²) in [5.74, 6) is 1.78. The Labute approximate surface area is 130 Å². The molecule has 0 saturated carbocycles. The first-order chi connectivity index (χ1) is 9.83. The van der Waals surface area contributed by atoms with Crippen molar-refractivity contribution in [2.45, 2.75) is 31.7 Å². The highest BCUT2D eigenvalue weighted by Gasteiger charge is 2.21. The molecule has 2 rings (SSSR count). The number of ether oxygens (including phenoxy) is 2. The predicted octanol–water partition coefficient (Wildman–Crippen LogP) is 3.71. The number of methoxy groups -OCH3 is 1. The van der Waals surface area contributed by atoms with Gasteiger partial charge in [0.2, 0.25) is 0 Å². The van der Waals surface area contributed by atoms with E-state index >= 15 is 0 Å². The van der Waals surface area contributed by atoms with Crippen LogP contribution in [-0.4, -0.2) is 43.1 Å². The van der Waals surface area contributed by atoms with Crippen LogP contribution in [0.4, 0.5) is 0 Å². The van der Waals surface area contributed by atoms with Crippen molar-refractivity contribution >= 4 is 15.9 Å². The summed E-state index contributed by atoms with van der Waals surface area (Å²) in [7, 11) is 1.68. The fraction of sp³-hybridized carbons (Fsp3) is 0.625. The lowest BCUT2D eigenvalue weighted by molar-refractivity contribution is 0.121. The molecule has 0 N–H and O–H groups in total. The van der Waals surface area contributed by atoms with Crippen molar-refractivity contribution in [3.8, 4) is 11.5 Å². The van der Waals surface area contributed by atoms with Gasteiger partial charge < -0.3 is 9.47 Å². The van der Waals surface area contributed by atoms with Gasteiger partial charge in [-0.25, -0.2) is 0 Å². The van der Waals surface area contributed by atoms with Crippen LogP contribution in [-0.2, 0) is 0 Å². The third-order valence-corrected chi connectivity index (χ3v) is 4.36. The maximum absolute atomic E-state index is 5.83. The quantitative estimate of drug-likeness (QED) is 0.705. The molecule has 1 aliphatic heterocycles. The summed E-state index contributed by atoms with van der Waals surface area (Å²) in [6.07, 6.45) is 5.26. The fourth-order valence-electron chi connectivity index (χ4n) is 2.76. The Morgan fingerprint density at radius 3 is 2.65 bits per heavy atom. The minimum absolute atomic E-state index is 0.725. The zero-order valence-corrected chi connectivity index (χ0v) is 13.8. The van der Waals surface area contributed by atoms with Crippen LogP contribution < -0.4 is 9.47 Å². The molecule has 0 bridgehead atoms. The Balaban J connectivity index is 1.75. The summed E-state index contributed by atoms with van der Waals surface area (Å²) in [6, 6.07) is 8.52. The predicted molar refractivity (Wildman–Crippen MR) is 86.1 cm³/mol. The molecule has 3 nitrogen and oxygen atoms in total. The Hall–Kier alpha value is -0.740. The summed E-state index contributed by atoms with van der Waals surface area (Å²) < 4.78 is 11.0. The van der Waals surface area contributed by atoms with Crippen LogP contribution in [0.2, 0.25) is 0 Å². The lowest BCUT2D eigenvalue weighted by Gasteiger charge is -2.35. The average Bonchev–Trinajstić information content (AvgIpc) is 2.50. The first-order valence-electron chi connectivity index (χ1n) is 7.40. The first-order valence-corrected chi connectivity index (χ1v) is 8.52. The lowest BCUT2D eigenvalue weighted by atomic mass is 10.0. The molecule has 1 aliphatic rings. The van der Waals surface area contributed by atoms with E-state index in [0.717, 1.165) is 36.0 Å². The highest BCUT2D eigenvalue weighted by atomic mass is 79.9. The van der Waals surface area contributed by atoms with Gasteiger partial charge in [-0.1, -0.05) is 22.4 Å². The third-order valence-electron chi connectivity index (χ3n) is 3.90. The van der Waals surface area contributed by atoms with Crippen molar-refractivity contribution in [2.75, 3.05) is 32.1 Å². The van der Waals surface area contributed by atoms with E-state index in [4.69, 9.17) is 9.47 Å². The van der Waals surface area contributed by atoms with Gasteiger partial charge in [0.1, 0.15) is 18.1 Å². The maximum atomic E-state index is 5.83. The second kappa shape index (κ2) is 8.53. The molecular weight excluding hydrogens is 318 g/mol. The summed E-state index contributed by atoms with van der Waals surface area (Å²) in [5.41, 5.74) is 0. The van der Waals surface area contributed by atoms with Gasteiger partial charge in [0.05, 0.1) is 7.11 Å². The number of halogens is 1. The molecule has 0 spiro atoms. The first kappa shape index (κ1) is 15.6.